The molecule has 0 aromatic heterocycles. The van der Waals surface area contributed by atoms with Crippen LogP contribution in [0.3, 0.4) is 0 Å². The van der Waals surface area contributed by atoms with E-state index in [1.54, 1.807) is 0 Å². The fourth-order valence-corrected chi connectivity index (χ4v) is 2.76. The normalized spacial score (nSPS) is 13.8. The molecule has 0 aromatic carbocycles. The Bertz CT molecular complexity index is 277. The summed E-state index contributed by atoms with van der Waals surface area (Å²) in [5.74, 6) is 0.722. The fraction of sp³-hybridized carbons (Fsp3) is 0.810. The SMILES string of the molecule is C=C(C)CC(C/C=C/CCCCCCCCC)C(C)(C)C. The van der Waals surface area contributed by atoms with Crippen LogP contribution in [0.2, 0.25) is 0 Å². The first-order chi connectivity index (χ1) is 9.88. The van der Waals surface area contributed by atoms with Gasteiger partial charge >= 0.3 is 0 Å². The van der Waals surface area contributed by atoms with Crippen LogP contribution >= 0.6 is 0 Å². The molecule has 0 saturated carbocycles. The molecular weight excluding hydrogens is 252 g/mol. The van der Waals surface area contributed by atoms with Crippen molar-refractivity contribution in [2.24, 2.45) is 11.3 Å². The highest BCUT2D eigenvalue weighted by Gasteiger charge is 2.22. The van der Waals surface area contributed by atoms with Crippen LogP contribution in [0.25, 0.3) is 0 Å². The van der Waals surface area contributed by atoms with Crippen molar-refractivity contribution in [2.45, 2.75) is 98.8 Å². The lowest BCUT2D eigenvalue weighted by Gasteiger charge is -2.30. The van der Waals surface area contributed by atoms with E-state index in [9.17, 15) is 0 Å². The molecule has 1 unspecified atom stereocenters. The molecule has 0 spiro atoms. The predicted octanol–water partition coefficient (Wildman–Crippen LogP) is 7.70. The minimum atomic E-state index is 0.378. The van der Waals surface area contributed by atoms with Gasteiger partial charge in [0, 0.05) is 0 Å². The molecule has 1 atom stereocenters. The van der Waals surface area contributed by atoms with Gasteiger partial charge in [-0.1, -0.05) is 83.9 Å². The Morgan fingerprint density at radius 3 is 2.05 bits per heavy atom. The van der Waals surface area contributed by atoms with Crippen LogP contribution in [0.5, 0.6) is 0 Å². The van der Waals surface area contributed by atoms with Gasteiger partial charge in [0.25, 0.3) is 0 Å². The molecule has 21 heavy (non-hydrogen) atoms. The summed E-state index contributed by atoms with van der Waals surface area (Å²) < 4.78 is 0. The first-order valence-corrected chi connectivity index (χ1v) is 9.17. The van der Waals surface area contributed by atoms with Gasteiger partial charge in [0.1, 0.15) is 0 Å². The van der Waals surface area contributed by atoms with Crippen molar-refractivity contribution in [3.05, 3.63) is 24.3 Å². The molecular formula is C21H40. The van der Waals surface area contributed by atoms with Gasteiger partial charge in [-0.15, -0.1) is 6.58 Å². The smallest absolute Gasteiger partial charge is 0.0289 e. The summed E-state index contributed by atoms with van der Waals surface area (Å²) in [5, 5.41) is 0. The van der Waals surface area contributed by atoms with Gasteiger partial charge in [-0.25, -0.2) is 0 Å². The summed E-state index contributed by atoms with van der Waals surface area (Å²) in [6.07, 6.45) is 18.3. The molecule has 124 valence electrons. The third-order valence-electron chi connectivity index (χ3n) is 4.38. The molecule has 0 amide bonds. The van der Waals surface area contributed by atoms with E-state index in [0.29, 0.717) is 5.41 Å². The van der Waals surface area contributed by atoms with Crippen LogP contribution < -0.4 is 0 Å². The molecule has 0 aromatic rings. The molecule has 0 saturated heterocycles. The van der Waals surface area contributed by atoms with Crippen molar-refractivity contribution in [2.75, 3.05) is 0 Å². The second-order valence-corrected chi connectivity index (χ2v) is 7.84. The van der Waals surface area contributed by atoms with Crippen molar-refractivity contribution in [1.29, 1.82) is 0 Å². The zero-order valence-electron chi connectivity index (χ0n) is 15.5. The van der Waals surface area contributed by atoms with Gasteiger partial charge < -0.3 is 0 Å². The fourth-order valence-electron chi connectivity index (χ4n) is 2.76. The van der Waals surface area contributed by atoms with E-state index in [-0.39, 0.29) is 0 Å². The lowest BCUT2D eigenvalue weighted by atomic mass is 9.75. The Morgan fingerprint density at radius 2 is 1.52 bits per heavy atom. The highest BCUT2D eigenvalue weighted by Crippen LogP contribution is 2.33. The molecule has 0 rings (SSSR count). The third-order valence-corrected chi connectivity index (χ3v) is 4.38. The lowest BCUT2D eigenvalue weighted by Crippen LogP contribution is -2.20. The lowest BCUT2D eigenvalue weighted by molar-refractivity contribution is 0.240. The van der Waals surface area contributed by atoms with Crippen LogP contribution in [0.4, 0.5) is 0 Å². The van der Waals surface area contributed by atoms with Crippen molar-refractivity contribution >= 4 is 0 Å². The van der Waals surface area contributed by atoms with Crippen LogP contribution in [-0.2, 0) is 0 Å². The number of allylic oxidation sites excluding steroid dienone is 3. The highest BCUT2D eigenvalue weighted by atomic mass is 14.3. The molecule has 0 N–H and O–H groups in total. The first kappa shape index (κ1) is 20.5. The van der Waals surface area contributed by atoms with Crippen molar-refractivity contribution in [3.8, 4) is 0 Å². The van der Waals surface area contributed by atoms with E-state index in [1.807, 2.05) is 0 Å². The van der Waals surface area contributed by atoms with Gasteiger partial charge in [0.2, 0.25) is 0 Å². The third kappa shape index (κ3) is 12.9. The topological polar surface area (TPSA) is 0 Å². The van der Waals surface area contributed by atoms with Crippen LogP contribution in [0.15, 0.2) is 24.3 Å². The standard InChI is InChI=1S/C21H40/c1-7-8-9-10-11-12-13-14-15-16-17-20(18-19(2)3)21(4,5)6/h15-16,20H,2,7-14,17-18H2,1,3-6H3/b16-15+. The summed E-state index contributed by atoms with van der Waals surface area (Å²) in [7, 11) is 0. The molecule has 0 nitrogen and oxygen atoms in total. The molecule has 0 aliphatic heterocycles. The quantitative estimate of drug-likeness (QED) is 0.255. The minimum Gasteiger partial charge on any atom is -0.100 e. The minimum absolute atomic E-state index is 0.378. The molecule has 0 heteroatoms. The van der Waals surface area contributed by atoms with Crippen molar-refractivity contribution < 1.29 is 0 Å². The maximum Gasteiger partial charge on any atom is -0.0289 e. The Labute approximate surface area is 135 Å². The second kappa shape index (κ2) is 12.1. The number of rotatable bonds is 12. The molecule has 0 radical (unpaired) electrons. The summed E-state index contributed by atoms with van der Waals surface area (Å²) >= 11 is 0. The van der Waals surface area contributed by atoms with E-state index in [1.165, 1.54) is 63.4 Å². The monoisotopic (exact) mass is 292 g/mol. The maximum absolute atomic E-state index is 4.08. The summed E-state index contributed by atoms with van der Waals surface area (Å²) in [4.78, 5) is 0. The van der Waals surface area contributed by atoms with Gasteiger partial charge in [-0.2, -0.15) is 0 Å². The molecule has 0 heterocycles. The highest BCUT2D eigenvalue weighted by molar-refractivity contribution is 4.96. The van der Waals surface area contributed by atoms with Gasteiger partial charge in [-0.05, 0) is 43.9 Å². The zero-order chi connectivity index (χ0) is 16.1. The second-order valence-electron chi connectivity index (χ2n) is 7.84. The maximum atomic E-state index is 4.08. The van der Waals surface area contributed by atoms with E-state index in [2.05, 4.69) is 53.3 Å². The van der Waals surface area contributed by atoms with Gasteiger partial charge in [-0.3, -0.25) is 0 Å². The summed E-state index contributed by atoms with van der Waals surface area (Å²) in [5.41, 5.74) is 1.69. The van der Waals surface area contributed by atoms with Gasteiger partial charge in [0.15, 0.2) is 0 Å². The van der Waals surface area contributed by atoms with Crippen molar-refractivity contribution in [1.82, 2.24) is 0 Å². The first-order valence-electron chi connectivity index (χ1n) is 9.17. The summed E-state index contributed by atoms with van der Waals surface area (Å²) in [6.45, 7) is 15.6. The summed E-state index contributed by atoms with van der Waals surface area (Å²) in [6, 6.07) is 0. The van der Waals surface area contributed by atoms with Crippen LogP contribution in [0.1, 0.15) is 98.8 Å². The predicted molar refractivity (Wildman–Crippen MR) is 98.7 cm³/mol. The average molecular weight is 293 g/mol. The van der Waals surface area contributed by atoms with E-state index >= 15 is 0 Å². The Kier molecular flexibility index (Phi) is 11.8. The Balaban J connectivity index is 3.74. The molecule has 0 aliphatic carbocycles. The van der Waals surface area contributed by atoms with Gasteiger partial charge in [0.05, 0.1) is 0 Å². The zero-order valence-corrected chi connectivity index (χ0v) is 15.5. The van der Waals surface area contributed by atoms with E-state index in [0.717, 1.165) is 12.3 Å². The largest absolute Gasteiger partial charge is 0.100 e. The molecule has 0 aliphatic rings. The average Bonchev–Trinajstić information content (AvgIpc) is 2.38. The number of hydrogen-bond donors (Lipinski definition) is 0. The number of unbranched alkanes of at least 4 members (excludes halogenated alkanes) is 7. The Hall–Kier alpha value is -0.520. The van der Waals surface area contributed by atoms with Crippen molar-refractivity contribution in [3.63, 3.8) is 0 Å². The number of hydrogen-bond acceptors (Lipinski definition) is 0. The van der Waals surface area contributed by atoms with E-state index < -0.39 is 0 Å². The van der Waals surface area contributed by atoms with Crippen LogP contribution in [0, 0.1) is 11.3 Å². The Morgan fingerprint density at radius 1 is 0.952 bits per heavy atom. The van der Waals surface area contributed by atoms with Crippen LogP contribution in [-0.4, -0.2) is 0 Å². The molecule has 0 bridgehead atoms. The van der Waals surface area contributed by atoms with E-state index in [4.69, 9.17) is 0 Å². The molecule has 0 fully saturated rings.